The maximum Gasteiger partial charge on any atom is 0.332 e. The Morgan fingerprint density at radius 1 is 1.33 bits per heavy atom. The summed E-state index contributed by atoms with van der Waals surface area (Å²) in [4.78, 5) is 24.0. The third-order valence-corrected chi connectivity index (χ3v) is 4.15. The van der Waals surface area contributed by atoms with Crippen LogP contribution in [0.5, 0.6) is 0 Å². The van der Waals surface area contributed by atoms with E-state index in [1.807, 2.05) is 38.1 Å². The molecule has 0 unspecified atom stereocenters. The Balaban J connectivity index is 2.45. The minimum absolute atomic E-state index is 0.0274. The van der Waals surface area contributed by atoms with Gasteiger partial charge in [0.25, 0.3) is 0 Å². The van der Waals surface area contributed by atoms with Crippen molar-refractivity contribution in [1.29, 1.82) is 0 Å². The van der Waals surface area contributed by atoms with Gasteiger partial charge in [-0.25, -0.2) is 4.79 Å². The molecule has 112 valence electrons. The molecule has 0 spiro atoms. The zero-order valence-electron chi connectivity index (χ0n) is 12.1. The van der Waals surface area contributed by atoms with Gasteiger partial charge in [-0.05, 0) is 25.5 Å². The van der Waals surface area contributed by atoms with Gasteiger partial charge < -0.3 is 5.11 Å². The highest BCUT2D eigenvalue weighted by Gasteiger charge is 2.13. The summed E-state index contributed by atoms with van der Waals surface area (Å²) < 4.78 is 3.33. The Morgan fingerprint density at radius 2 is 2.05 bits per heavy atom. The van der Waals surface area contributed by atoms with E-state index < -0.39 is 5.97 Å². The highest BCUT2D eigenvalue weighted by Crippen LogP contribution is 2.25. The van der Waals surface area contributed by atoms with Gasteiger partial charge in [-0.1, -0.05) is 19.1 Å². The predicted molar refractivity (Wildman–Crippen MR) is 83.4 cm³/mol. The van der Waals surface area contributed by atoms with Gasteiger partial charge in [0.15, 0.2) is 0 Å². The number of aliphatic carboxylic acids is 1. The number of carbonyl (C=O) groups is 1. The SMILES string of the molecule is CCCn1c(C)cn(-c2ccccc2SCC(=O)O)c1=O. The smallest absolute Gasteiger partial charge is 0.332 e. The first-order valence-electron chi connectivity index (χ1n) is 6.77. The number of hydrogen-bond acceptors (Lipinski definition) is 3. The number of imidazole rings is 1. The van der Waals surface area contributed by atoms with E-state index in [-0.39, 0.29) is 11.4 Å². The van der Waals surface area contributed by atoms with E-state index in [4.69, 9.17) is 5.11 Å². The van der Waals surface area contributed by atoms with Gasteiger partial charge in [-0.2, -0.15) is 0 Å². The molecule has 1 N–H and O–H groups in total. The van der Waals surface area contributed by atoms with Gasteiger partial charge in [0.2, 0.25) is 0 Å². The molecular weight excluding hydrogens is 288 g/mol. The normalized spacial score (nSPS) is 10.8. The summed E-state index contributed by atoms with van der Waals surface area (Å²) in [5.41, 5.74) is 1.55. The Bertz CT molecular complexity index is 703. The summed E-state index contributed by atoms with van der Waals surface area (Å²) in [6.45, 7) is 4.61. The van der Waals surface area contributed by atoms with Gasteiger partial charge in [0.1, 0.15) is 0 Å². The van der Waals surface area contributed by atoms with Crippen LogP contribution in [0.3, 0.4) is 0 Å². The Hall–Kier alpha value is -1.95. The molecule has 0 fully saturated rings. The van der Waals surface area contributed by atoms with Crippen molar-refractivity contribution >= 4 is 17.7 Å². The summed E-state index contributed by atoms with van der Waals surface area (Å²) >= 11 is 1.22. The van der Waals surface area contributed by atoms with Crippen LogP contribution in [0.2, 0.25) is 0 Å². The minimum Gasteiger partial charge on any atom is -0.481 e. The van der Waals surface area contributed by atoms with Gasteiger partial charge in [-0.3, -0.25) is 13.9 Å². The molecule has 0 aliphatic carbocycles. The molecule has 0 aliphatic heterocycles. The summed E-state index contributed by atoms with van der Waals surface area (Å²) in [6.07, 6.45) is 2.69. The monoisotopic (exact) mass is 306 g/mol. The van der Waals surface area contributed by atoms with Crippen LogP contribution in [0.1, 0.15) is 19.0 Å². The molecule has 2 aromatic rings. The fourth-order valence-corrected chi connectivity index (χ4v) is 2.95. The van der Waals surface area contributed by atoms with Gasteiger partial charge >= 0.3 is 11.7 Å². The van der Waals surface area contributed by atoms with Crippen molar-refractivity contribution in [3.8, 4) is 5.69 Å². The lowest BCUT2D eigenvalue weighted by atomic mass is 10.3. The zero-order chi connectivity index (χ0) is 15.4. The van der Waals surface area contributed by atoms with E-state index in [9.17, 15) is 9.59 Å². The second kappa shape index (κ2) is 6.67. The van der Waals surface area contributed by atoms with Crippen LogP contribution < -0.4 is 5.69 Å². The molecule has 1 aromatic carbocycles. The van der Waals surface area contributed by atoms with Crippen molar-refractivity contribution < 1.29 is 9.90 Å². The van der Waals surface area contributed by atoms with Crippen molar-refractivity contribution in [3.63, 3.8) is 0 Å². The highest BCUT2D eigenvalue weighted by molar-refractivity contribution is 8.00. The molecule has 0 saturated heterocycles. The lowest BCUT2D eigenvalue weighted by Gasteiger charge is -2.08. The van der Waals surface area contributed by atoms with Crippen LogP contribution in [-0.2, 0) is 11.3 Å². The molecule has 0 radical (unpaired) electrons. The molecule has 0 atom stereocenters. The Morgan fingerprint density at radius 3 is 2.71 bits per heavy atom. The van der Waals surface area contributed by atoms with Crippen molar-refractivity contribution in [2.45, 2.75) is 31.7 Å². The molecule has 2 rings (SSSR count). The van der Waals surface area contributed by atoms with Crippen LogP contribution in [0.4, 0.5) is 0 Å². The fourth-order valence-electron chi connectivity index (χ4n) is 2.18. The number of hydrogen-bond donors (Lipinski definition) is 1. The molecule has 1 heterocycles. The second-order valence-corrected chi connectivity index (χ2v) is 5.74. The first kappa shape index (κ1) is 15.4. The number of carboxylic acids is 1. The number of carboxylic acid groups (broad SMARTS) is 1. The topological polar surface area (TPSA) is 64.2 Å². The maximum atomic E-state index is 12.5. The van der Waals surface area contributed by atoms with Crippen LogP contribution >= 0.6 is 11.8 Å². The van der Waals surface area contributed by atoms with Crippen LogP contribution in [-0.4, -0.2) is 26.0 Å². The molecule has 0 bridgehead atoms. The van der Waals surface area contributed by atoms with E-state index in [1.54, 1.807) is 15.3 Å². The van der Waals surface area contributed by atoms with E-state index >= 15 is 0 Å². The fraction of sp³-hybridized carbons (Fsp3) is 0.333. The predicted octanol–water partition coefficient (Wildman–Crippen LogP) is 2.53. The first-order chi connectivity index (χ1) is 10.0. The van der Waals surface area contributed by atoms with E-state index in [2.05, 4.69) is 0 Å². The molecular formula is C15H18N2O3S. The molecule has 0 amide bonds. The quantitative estimate of drug-likeness (QED) is 0.833. The van der Waals surface area contributed by atoms with Crippen molar-refractivity contribution in [2.24, 2.45) is 0 Å². The number of aromatic nitrogens is 2. The van der Waals surface area contributed by atoms with Crippen molar-refractivity contribution in [2.75, 3.05) is 5.75 Å². The molecule has 6 heteroatoms. The number of para-hydroxylation sites is 1. The first-order valence-corrected chi connectivity index (χ1v) is 7.76. The molecule has 0 saturated carbocycles. The number of benzene rings is 1. The largest absolute Gasteiger partial charge is 0.481 e. The summed E-state index contributed by atoms with van der Waals surface area (Å²) in [7, 11) is 0. The number of nitrogens with zero attached hydrogens (tertiary/aromatic N) is 2. The third kappa shape index (κ3) is 3.39. The van der Waals surface area contributed by atoms with Gasteiger partial charge in [0, 0.05) is 23.3 Å². The van der Waals surface area contributed by atoms with Crippen LogP contribution in [0.25, 0.3) is 5.69 Å². The van der Waals surface area contributed by atoms with E-state index in [0.717, 1.165) is 22.7 Å². The van der Waals surface area contributed by atoms with Crippen molar-refractivity contribution in [3.05, 3.63) is 46.6 Å². The molecule has 21 heavy (non-hydrogen) atoms. The number of thioether (sulfide) groups is 1. The standard InChI is InChI=1S/C15H18N2O3S/c1-3-8-16-11(2)9-17(15(16)20)12-6-4-5-7-13(12)21-10-14(18)19/h4-7,9H,3,8,10H2,1-2H3,(H,18,19). The second-order valence-electron chi connectivity index (χ2n) is 4.72. The lowest BCUT2D eigenvalue weighted by molar-refractivity contribution is -0.133. The highest BCUT2D eigenvalue weighted by atomic mass is 32.2. The summed E-state index contributed by atoms with van der Waals surface area (Å²) in [6, 6.07) is 7.36. The average molecular weight is 306 g/mol. The Kier molecular flexibility index (Phi) is 4.90. The van der Waals surface area contributed by atoms with Gasteiger partial charge in [0.05, 0.1) is 11.4 Å². The summed E-state index contributed by atoms with van der Waals surface area (Å²) in [5.74, 6) is -0.901. The van der Waals surface area contributed by atoms with Crippen LogP contribution in [0.15, 0.2) is 40.2 Å². The maximum absolute atomic E-state index is 12.5. The average Bonchev–Trinajstić information content (AvgIpc) is 2.74. The minimum atomic E-state index is -0.873. The molecule has 1 aromatic heterocycles. The van der Waals surface area contributed by atoms with E-state index in [0.29, 0.717) is 6.54 Å². The molecule has 0 aliphatic rings. The molecule has 5 nitrogen and oxygen atoms in total. The Labute approximate surface area is 127 Å². The van der Waals surface area contributed by atoms with Crippen molar-refractivity contribution in [1.82, 2.24) is 9.13 Å². The summed E-state index contributed by atoms with van der Waals surface area (Å²) in [5, 5.41) is 8.82. The number of aryl methyl sites for hydroxylation is 1. The number of rotatable bonds is 6. The van der Waals surface area contributed by atoms with E-state index in [1.165, 1.54) is 11.8 Å². The van der Waals surface area contributed by atoms with Crippen LogP contribution in [0, 0.1) is 6.92 Å². The third-order valence-electron chi connectivity index (χ3n) is 3.10. The zero-order valence-corrected chi connectivity index (χ0v) is 12.9. The lowest BCUT2D eigenvalue weighted by Crippen LogP contribution is -2.24. The van der Waals surface area contributed by atoms with Gasteiger partial charge in [-0.15, -0.1) is 11.8 Å².